The largest absolute Gasteiger partial charge is 0.507 e. The first-order valence-electron chi connectivity index (χ1n) is 8.40. The highest BCUT2D eigenvalue weighted by Crippen LogP contribution is 2.39. The van der Waals surface area contributed by atoms with E-state index in [-0.39, 0.29) is 18.3 Å². The van der Waals surface area contributed by atoms with Gasteiger partial charge in [-0.05, 0) is 56.0 Å². The number of carbonyl (C=O) groups excluding carboxylic acids is 1. The molecule has 1 aliphatic heterocycles. The highest BCUT2D eigenvalue weighted by Gasteiger charge is 2.31. The van der Waals surface area contributed by atoms with E-state index in [1.54, 1.807) is 13.2 Å². The molecule has 0 amide bonds. The number of cyclic esters (lactones) is 1. The van der Waals surface area contributed by atoms with Gasteiger partial charge in [0.1, 0.15) is 17.9 Å². The molecule has 1 aromatic carbocycles. The molecule has 1 saturated carbocycles. The summed E-state index contributed by atoms with van der Waals surface area (Å²) < 4.78 is 10.3. The standard InChI is InChI=1S/C20H22O4S/c1-4-14-11(2)16-10-24-19(22)17(16)18(21)15(14)8-6-12-5-7-13(9-12)20(25)23-3/h4,6,13,21H,1,5,7-10H2,2-3H3/b12-6+. The van der Waals surface area contributed by atoms with Crippen LogP contribution in [0.2, 0.25) is 0 Å². The molecule has 1 heterocycles. The van der Waals surface area contributed by atoms with Crippen LogP contribution in [0.5, 0.6) is 5.75 Å². The summed E-state index contributed by atoms with van der Waals surface area (Å²) in [6, 6.07) is 0. The van der Waals surface area contributed by atoms with Crippen LogP contribution in [-0.2, 0) is 22.5 Å². The van der Waals surface area contributed by atoms with Crippen molar-refractivity contribution in [2.24, 2.45) is 5.92 Å². The van der Waals surface area contributed by atoms with Gasteiger partial charge in [-0.3, -0.25) is 0 Å². The van der Waals surface area contributed by atoms with Crippen LogP contribution in [0.3, 0.4) is 0 Å². The number of phenolic OH excluding ortho intramolecular Hbond substituents is 1. The molecule has 5 heteroatoms. The zero-order chi connectivity index (χ0) is 18.1. The number of ether oxygens (including phenoxy) is 2. The summed E-state index contributed by atoms with van der Waals surface area (Å²) in [5.74, 6) is -0.140. The van der Waals surface area contributed by atoms with Crippen molar-refractivity contribution in [3.05, 3.63) is 46.0 Å². The van der Waals surface area contributed by atoms with Crippen molar-refractivity contribution in [3.8, 4) is 5.75 Å². The first-order valence-corrected chi connectivity index (χ1v) is 8.81. The SMILES string of the molecule is C=Cc1c(C)c2c(c(O)c1C/C=C1\CCC(C(=S)OC)C1)C(=O)OC2. The van der Waals surface area contributed by atoms with E-state index in [1.807, 2.05) is 6.92 Å². The highest BCUT2D eigenvalue weighted by molar-refractivity contribution is 7.80. The van der Waals surface area contributed by atoms with Gasteiger partial charge in [0.25, 0.3) is 0 Å². The third-order valence-corrected chi connectivity index (χ3v) is 5.71. The van der Waals surface area contributed by atoms with E-state index in [2.05, 4.69) is 12.7 Å². The number of rotatable bonds is 4. The number of fused-ring (bicyclic) bond motifs is 1. The lowest BCUT2D eigenvalue weighted by atomic mass is 9.90. The fraction of sp³-hybridized carbons (Fsp3) is 0.400. The van der Waals surface area contributed by atoms with Crippen LogP contribution in [0.15, 0.2) is 18.2 Å². The first kappa shape index (κ1) is 17.7. The van der Waals surface area contributed by atoms with Crippen molar-refractivity contribution in [1.82, 2.24) is 0 Å². The third-order valence-electron chi connectivity index (χ3n) is 5.21. The highest BCUT2D eigenvalue weighted by atomic mass is 32.1. The summed E-state index contributed by atoms with van der Waals surface area (Å²) in [6.07, 6.45) is 7.29. The second-order valence-corrected chi connectivity index (χ2v) is 6.93. The summed E-state index contributed by atoms with van der Waals surface area (Å²) in [5.41, 5.74) is 4.94. The van der Waals surface area contributed by atoms with Crippen molar-refractivity contribution in [3.63, 3.8) is 0 Å². The summed E-state index contributed by atoms with van der Waals surface area (Å²) in [4.78, 5) is 12.0. The van der Waals surface area contributed by atoms with Gasteiger partial charge in [-0.25, -0.2) is 4.79 Å². The average Bonchev–Trinajstić information content (AvgIpc) is 3.23. The zero-order valence-corrected chi connectivity index (χ0v) is 15.4. The lowest BCUT2D eigenvalue weighted by molar-refractivity contribution is 0.0533. The van der Waals surface area contributed by atoms with Gasteiger partial charge in [0, 0.05) is 17.0 Å². The van der Waals surface area contributed by atoms with Crippen molar-refractivity contribution in [2.45, 2.75) is 39.2 Å². The van der Waals surface area contributed by atoms with Gasteiger partial charge in [-0.15, -0.1) is 0 Å². The minimum absolute atomic E-state index is 0.0248. The predicted molar refractivity (Wildman–Crippen MR) is 101 cm³/mol. The van der Waals surface area contributed by atoms with Crippen molar-refractivity contribution in [2.75, 3.05) is 7.11 Å². The molecule has 0 aromatic heterocycles. The molecule has 1 atom stereocenters. The first-order chi connectivity index (χ1) is 12.0. The van der Waals surface area contributed by atoms with E-state index in [0.29, 0.717) is 17.0 Å². The quantitative estimate of drug-likeness (QED) is 0.495. The van der Waals surface area contributed by atoms with E-state index in [9.17, 15) is 9.90 Å². The van der Waals surface area contributed by atoms with Crippen LogP contribution in [0.1, 0.15) is 51.9 Å². The predicted octanol–water partition coefficient (Wildman–Crippen LogP) is 4.26. The number of benzene rings is 1. The molecular weight excluding hydrogens is 336 g/mol. The van der Waals surface area contributed by atoms with Crippen LogP contribution in [0, 0.1) is 12.8 Å². The molecule has 2 aliphatic rings. The van der Waals surface area contributed by atoms with E-state index in [4.69, 9.17) is 21.7 Å². The molecular formula is C20H22O4S. The Morgan fingerprint density at radius 3 is 2.96 bits per heavy atom. The molecule has 4 nitrogen and oxygen atoms in total. The van der Waals surface area contributed by atoms with E-state index >= 15 is 0 Å². The van der Waals surface area contributed by atoms with Crippen LogP contribution in [-0.4, -0.2) is 23.2 Å². The Morgan fingerprint density at radius 1 is 1.52 bits per heavy atom. The lowest BCUT2D eigenvalue weighted by Crippen LogP contribution is -2.09. The number of allylic oxidation sites excluding steroid dienone is 2. The zero-order valence-electron chi connectivity index (χ0n) is 14.6. The fourth-order valence-corrected chi connectivity index (χ4v) is 3.97. The monoisotopic (exact) mass is 358 g/mol. The maximum atomic E-state index is 12.0. The Kier molecular flexibility index (Phi) is 4.95. The lowest BCUT2D eigenvalue weighted by Gasteiger charge is -2.14. The van der Waals surface area contributed by atoms with Crippen LogP contribution < -0.4 is 0 Å². The van der Waals surface area contributed by atoms with Crippen LogP contribution in [0.25, 0.3) is 6.08 Å². The summed E-state index contributed by atoms with van der Waals surface area (Å²) >= 11 is 5.24. The van der Waals surface area contributed by atoms with Crippen molar-refractivity contribution >= 4 is 29.3 Å². The minimum Gasteiger partial charge on any atom is -0.507 e. The Hall–Kier alpha value is -2.14. The maximum absolute atomic E-state index is 12.0. The van der Waals surface area contributed by atoms with Gasteiger partial charge >= 0.3 is 5.97 Å². The Balaban J connectivity index is 1.91. The molecule has 1 unspecified atom stereocenters. The van der Waals surface area contributed by atoms with Crippen LogP contribution in [0.4, 0.5) is 0 Å². The molecule has 1 aromatic rings. The molecule has 1 N–H and O–H groups in total. The molecule has 1 aliphatic carbocycles. The third kappa shape index (κ3) is 3.09. The summed E-state index contributed by atoms with van der Waals surface area (Å²) in [5, 5.41) is 11.3. The molecule has 25 heavy (non-hydrogen) atoms. The number of hydrogen-bond donors (Lipinski definition) is 1. The number of aromatic hydroxyl groups is 1. The van der Waals surface area contributed by atoms with Gasteiger partial charge in [-0.2, -0.15) is 0 Å². The molecule has 0 saturated heterocycles. The van der Waals surface area contributed by atoms with Crippen molar-refractivity contribution in [1.29, 1.82) is 0 Å². The van der Waals surface area contributed by atoms with Gasteiger partial charge in [-0.1, -0.05) is 24.3 Å². The second kappa shape index (κ2) is 7.00. The van der Waals surface area contributed by atoms with Gasteiger partial charge in [0.05, 0.1) is 7.11 Å². The van der Waals surface area contributed by atoms with E-state index < -0.39 is 5.97 Å². The van der Waals surface area contributed by atoms with Crippen LogP contribution >= 0.6 is 12.2 Å². The molecule has 0 radical (unpaired) electrons. The normalized spacial score (nSPS) is 20.5. The summed E-state index contributed by atoms with van der Waals surface area (Å²) in [6.45, 7) is 6.03. The topological polar surface area (TPSA) is 55.8 Å². The van der Waals surface area contributed by atoms with Gasteiger partial charge < -0.3 is 14.6 Å². The minimum atomic E-state index is -0.452. The smallest absolute Gasteiger partial charge is 0.342 e. The van der Waals surface area contributed by atoms with E-state index in [1.165, 1.54) is 5.57 Å². The molecule has 1 fully saturated rings. The second-order valence-electron chi connectivity index (χ2n) is 6.53. The number of phenols is 1. The maximum Gasteiger partial charge on any atom is 0.342 e. The van der Waals surface area contributed by atoms with Crippen molar-refractivity contribution < 1.29 is 19.4 Å². The van der Waals surface area contributed by atoms with E-state index in [0.717, 1.165) is 41.5 Å². The number of methoxy groups -OCH3 is 1. The number of carbonyl (C=O) groups is 1. The van der Waals surface area contributed by atoms with Gasteiger partial charge in [0.15, 0.2) is 5.05 Å². The molecule has 132 valence electrons. The molecule has 3 rings (SSSR count). The molecule has 0 spiro atoms. The number of esters is 1. The molecule has 0 bridgehead atoms. The number of thiocarbonyl (C=S) groups is 1. The average molecular weight is 358 g/mol. The Morgan fingerprint density at radius 2 is 2.28 bits per heavy atom. The van der Waals surface area contributed by atoms with Gasteiger partial charge in [0.2, 0.25) is 0 Å². The number of hydrogen-bond acceptors (Lipinski definition) is 5. The summed E-state index contributed by atoms with van der Waals surface area (Å²) in [7, 11) is 1.62. The fourth-order valence-electron chi connectivity index (χ4n) is 3.77. The Labute approximate surface area is 153 Å². The Bertz CT molecular complexity index is 792.